The van der Waals surface area contributed by atoms with Crippen LogP contribution in [0.5, 0.6) is 0 Å². The van der Waals surface area contributed by atoms with E-state index < -0.39 is 10.0 Å². The molecular weight excluding hydrogens is 360 g/mol. The fourth-order valence-electron chi connectivity index (χ4n) is 3.10. The second kappa shape index (κ2) is 7.72. The van der Waals surface area contributed by atoms with Crippen molar-refractivity contribution in [2.75, 3.05) is 19.3 Å². The van der Waals surface area contributed by atoms with Crippen LogP contribution in [-0.4, -0.2) is 42.9 Å². The Bertz CT molecular complexity index is 740. The molecule has 0 bridgehead atoms. The number of hydrogen-bond donors (Lipinski definition) is 0. The highest BCUT2D eigenvalue weighted by Gasteiger charge is 2.31. The Morgan fingerprint density at radius 2 is 2.08 bits per heavy atom. The second-order valence-corrected chi connectivity index (χ2v) is 9.10. The van der Waals surface area contributed by atoms with Crippen LogP contribution in [0.25, 0.3) is 0 Å². The van der Waals surface area contributed by atoms with E-state index in [0.717, 1.165) is 11.3 Å². The van der Waals surface area contributed by atoms with Crippen LogP contribution in [0.2, 0.25) is 0 Å². The average molecular weight is 383 g/mol. The van der Waals surface area contributed by atoms with E-state index in [4.69, 9.17) is 4.42 Å². The van der Waals surface area contributed by atoms with Crippen molar-refractivity contribution in [3.05, 3.63) is 46.5 Å². The van der Waals surface area contributed by atoms with Gasteiger partial charge in [0.25, 0.3) is 0 Å². The summed E-state index contributed by atoms with van der Waals surface area (Å²) >= 11 is 1.61. The van der Waals surface area contributed by atoms with Gasteiger partial charge < -0.3 is 9.32 Å². The van der Waals surface area contributed by atoms with E-state index in [1.807, 2.05) is 33.9 Å². The topological polar surface area (TPSA) is 70.8 Å². The van der Waals surface area contributed by atoms with Gasteiger partial charge in [0.05, 0.1) is 19.1 Å². The molecule has 0 saturated carbocycles. The largest absolute Gasteiger partial charge is 0.467 e. The number of rotatable bonds is 6. The highest BCUT2D eigenvalue weighted by atomic mass is 32.2. The molecule has 3 heterocycles. The maximum Gasteiger partial charge on any atom is 0.226 e. The van der Waals surface area contributed by atoms with Gasteiger partial charge in [0, 0.05) is 25.6 Å². The van der Waals surface area contributed by atoms with Crippen LogP contribution in [0.15, 0.2) is 39.6 Å². The molecule has 1 saturated heterocycles. The van der Waals surface area contributed by atoms with E-state index in [2.05, 4.69) is 0 Å². The number of amides is 1. The van der Waals surface area contributed by atoms with Crippen LogP contribution in [0.4, 0.5) is 0 Å². The molecule has 1 aliphatic heterocycles. The molecule has 1 fully saturated rings. The Morgan fingerprint density at radius 3 is 2.64 bits per heavy atom. The van der Waals surface area contributed by atoms with Crippen molar-refractivity contribution in [2.24, 2.45) is 5.92 Å². The summed E-state index contributed by atoms with van der Waals surface area (Å²) in [6.07, 6.45) is 3.94. The van der Waals surface area contributed by atoms with Gasteiger partial charge in [-0.2, -0.15) is 11.3 Å². The van der Waals surface area contributed by atoms with Crippen LogP contribution in [0.1, 0.15) is 24.2 Å². The number of furan rings is 1. The Hall–Kier alpha value is -1.64. The first-order valence-corrected chi connectivity index (χ1v) is 11.0. The van der Waals surface area contributed by atoms with Crippen LogP contribution < -0.4 is 0 Å². The van der Waals surface area contributed by atoms with Crippen molar-refractivity contribution in [3.63, 3.8) is 0 Å². The number of sulfonamides is 1. The first-order chi connectivity index (χ1) is 11.9. The molecule has 0 unspecified atom stereocenters. The van der Waals surface area contributed by atoms with Gasteiger partial charge >= 0.3 is 0 Å². The maximum absolute atomic E-state index is 13.0. The Morgan fingerprint density at radius 1 is 1.32 bits per heavy atom. The molecule has 2 aromatic heterocycles. The average Bonchev–Trinajstić information content (AvgIpc) is 3.27. The van der Waals surface area contributed by atoms with E-state index >= 15 is 0 Å². The van der Waals surface area contributed by atoms with Gasteiger partial charge in [-0.25, -0.2) is 12.7 Å². The van der Waals surface area contributed by atoms with E-state index in [9.17, 15) is 13.2 Å². The summed E-state index contributed by atoms with van der Waals surface area (Å²) in [5.74, 6) is 0.666. The first kappa shape index (κ1) is 18.2. The SMILES string of the molecule is CS(=O)(=O)N1CCC(C(=O)N(Cc2ccsc2)Cc2ccco2)CC1. The monoisotopic (exact) mass is 382 g/mol. The summed E-state index contributed by atoms with van der Waals surface area (Å²) in [5, 5.41) is 4.03. The summed E-state index contributed by atoms with van der Waals surface area (Å²) in [5.41, 5.74) is 1.10. The van der Waals surface area contributed by atoms with Gasteiger partial charge in [-0.15, -0.1) is 0 Å². The van der Waals surface area contributed by atoms with Gasteiger partial charge in [0.1, 0.15) is 5.76 Å². The molecule has 3 rings (SSSR count). The summed E-state index contributed by atoms with van der Waals surface area (Å²) in [6, 6.07) is 5.69. The van der Waals surface area contributed by atoms with Crippen LogP contribution in [-0.2, 0) is 27.9 Å². The van der Waals surface area contributed by atoms with E-state index in [-0.39, 0.29) is 11.8 Å². The lowest BCUT2D eigenvalue weighted by atomic mass is 9.96. The quantitative estimate of drug-likeness (QED) is 0.770. The Kier molecular flexibility index (Phi) is 5.61. The minimum absolute atomic E-state index is 0.0655. The molecule has 6 nitrogen and oxygen atoms in total. The van der Waals surface area contributed by atoms with Gasteiger partial charge in [0.15, 0.2) is 0 Å². The molecule has 136 valence electrons. The Balaban J connectivity index is 1.68. The molecule has 8 heteroatoms. The highest BCUT2D eigenvalue weighted by molar-refractivity contribution is 7.88. The zero-order chi connectivity index (χ0) is 17.9. The van der Waals surface area contributed by atoms with Crippen molar-refractivity contribution in [3.8, 4) is 0 Å². The highest BCUT2D eigenvalue weighted by Crippen LogP contribution is 2.24. The fraction of sp³-hybridized carbons (Fsp3) is 0.471. The maximum atomic E-state index is 13.0. The van der Waals surface area contributed by atoms with E-state index in [0.29, 0.717) is 39.0 Å². The van der Waals surface area contributed by atoms with Gasteiger partial charge in [-0.1, -0.05) is 0 Å². The number of thiophene rings is 1. The molecule has 1 amide bonds. The third-order valence-corrected chi connectivity index (χ3v) is 6.50. The third-order valence-electron chi connectivity index (χ3n) is 4.46. The smallest absolute Gasteiger partial charge is 0.226 e. The second-order valence-electron chi connectivity index (χ2n) is 6.34. The van der Waals surface area contributed by atoms with Crippen molar-refractivity contribution < 1.29 is 17.6 Å². The molecule has 2 aromatic rings. The molecule has 0 spiro atoms. The van der Waals surface area contributed by atoms with Crippen molar-refractivity contribution in [1.82, 2.24) is 9.21 Å². The standard InChI is InChI=1S/C17H22N2O4S2/c1-25(21,22)19-7-4-15(5-8-19)17(20)18(11-14-6-10-24-13-14)12-16-3-2-9-23-16/h2-3,6,9-10,13,15H,4-5,7-8,11-12H2,1H3. The number of carbonyl (C=O) groups excluding carboxylic acids is 1. The number of piperidine rings is 1. The van der Waals surface area contributed by atoms with Crippen molar-refractivity contribution >= 4 is 27.3 Å². The Labute approximate surface area is 152 Å². The zero-order valence-corrected chi connectivity index (χ0v) is 15.8. The summed E-state index contributed by atoms with van der Waals surface area (Å²) in [6.45, 7) is 1.77. The summed E-state index contributed by atoms with van der Waals surface area (Å²) in [4.78, 5) is 14.8. The van der Waals surface area contributed by atoms with Crippen LogP contribution in [0.3, 0.4) is 0 Å². The lowest BCUT2D eigenvalue weighted by Gasteiger charge is -2.32. The van der Waals surface area contributed by atoms with Gasteiger partial charge in [-0.05, 0) is 47.4 Å². The van der Waals surface area contributed by atoms with Crippen LogP contribution >= 0.6 is 11.3 Å². The van der Waals surface area contributed by atoms with Gasteiger partial charge in [0.2, 0.25) is 15.9 Å². The van der Waals surface area contributed by atoms with Gasteiger partial charge in [-0.3, -0.25) is 4.79 Å². The summed E-state index contributed by atoms with van der Waals surface area (Å²) in [7, 11) is -3.18. The minimum Gasteiger partial charge on any atom is -0.467 e. The van der Waals surface area contributed by atoms with Crippen LogP contribution in [0, 0.1) is 5.92 Å². The normalized spacial score (nSPS) is 16.8. The molecule has 0 aromatic carbocycles. The van der Waals surface area contributed by atoms with E-state index in [1.54, 1.807) is 17.6 Å². The molecule has 25 heavy (non-hydrogen) atoms. The molecule has 0 atom stereocenters. The molecule has 0 N–H and O–H groups in total. The molecular formula is C17H22N2O4S2. The van der Waals surface area contributed by atoms with E-state index in [1.165, 1.54) is 10.6 Å². The van der Waals surface area contributed by atoms with Crippen molar-refractivity contribution in [1.29, 1.82) is 0 Å². The number of carbonyl (C=O) groups is 1. The zero-order valence-electron chi connectivity index (χ0n) is 14.1. The number of nitrogens with zero attached hydrogens (tertiary/aromatic N) is 2. The summed E-state index contributed by atoms with van der Waals surface area (Å²) < 4.78 is 30.1. The lowest BCUT2D eigenvalue weighted by Crippen LogP contribution is -2.43. The first-order valence-electron chi connectivity index (χ1n) is 8.21. The molecule has 1 aliphatic rings. The predicted molar refractivity (Wildman–Crippen MR) is 96.4 cm³/mol. The number of hydrogen-bond acceptors (Lipinski definition) is 5. The third kappa shape index (κ3) is 4.71. The minimum atomic E-state index is -3.18. The fourth-order valence-corrected chi connectivity index (χ4v) is 4.63. The lowest BCUT2D eigenvalue weighted by molar-refractivity contribution is -0.138. The molecule has 0 aliphatic carbocycles. The molecule has 0 radical (unpaired) electrons. The van der Waals surface area contributed by atoms with Crippen molar-refractivity contribution in [2.45, 2.75) is 25.9 Å². The predicted octanol–water partition coefficient (Wildman–Crippen LogP) is 2.54.